The molecule has 9 heteroatoms. The van der Waals surface area contributed by atoms with Crippen LogP contribution in [0.25, 0.3) is 21.8 Å². The smallest absolute Gasteiger partial charge is 0.259 e. The molecule has 2 aliphatic rings. The number of rotatable bonds is 6. The molecule has 34 heavy (non-hydrogen) atoms. The third kappa shape index (κ3) is 3.92. The highest BCUT2D eigenvalue weighted by Crippen LogP contribution is 2.33. The Morgan fingerprint density at radius 1 is 1.29 bits per heavy atom. The highest BCUT2D eigenvalue weighted by Gasteiger charge is 2.32. The molecule has 180 valence electrons. The third-order valence-corrected chi connectivity index (χ3v) is 7.47. The first kappa shape index (κ1) is 22.7. The molecule has 0 radical (unpaired) electrons. The van der Waals surface area contributed by atoms with Crippen LogP contribution < -0.4 is 10.9 Å². The number of aromatic nitrogens is 3. The van der Waals surface area contributed by atoms with Crippen molar-refractivity contribution < 1.29 is 9.53 Å². The molecule has 1 aliphatic carbocycles. The van der Waals surface area contributed by atoms with E-state index in [0.29, 0.717) is 36.2 Å². The first-order valence-corrected chi connectivity index (χ1v) is 12.1. The maximum atomic E-state index is 13.3. The van der Waals surface area contributed by atoms with Gasteiger partial charge in [0.15, 0.2) is 0 Å². The molecule has 3 heterocycles. The highest BCUT2D eigenvalue weighted by atomic mass is 16.5. The molecule has 9 nitrogen and oxygen atoms in total. The number of hydrogen-bond donors (Lipinski definition) is 3. The molecule has 1 aliphatic heterocycles. The summed E-state index contributed by atoms with van der Waals surface area (Å²) in [6.45, 7) is 6.89. The Hall–Kier alpha value is -3.04. The van der Waals surface area contributed by atoms with Crippen LogP contribution in [-0.2, 0) is 4.74 Å². The molecule has 3 aromatic rings. The lowest BCUT2D eigenvalue weighted by atomic mass is 9.99. The zero-order chi connectivity index (χ0) is 23.9. The molecular weight excluding hydrogens is 432 g/mol. The van der Waals surface area contributed by atoms with Crippen molar-refractivity contribution >= 4 is 33.9 Å². The molecule has 2 fully saturated rings. The average Bonchev–Trinajstić information content (AvgIpc) is 3.53. The number of benzene rings is 1. The van der Waals surface area contributed by atoms with Crippen LogP contribution in [0, 0.1) is 12.3 Å². The Bertz CT molecular complexity index is 1300. The largest absolute Gasteiger partial charge is 0.379 e. The molecule has 1 saturated heterocycles. The summed E-state index contributed by atoms with van der Waals surface area (Å²) in [5, 5.41) is 17.0. The normalized spacial score (nSPS) is 19.5. The second kappa shape index (κ2) is 8.96. The summed E-state index contributed by atoms with van der Waals surface area (Å²) < 4.78 is 7.43. The number of pyridine rings is 1. The lowest BCUT2D eigenvalue weighted by Gasteiger charge is -2.40. The van der Waals surface area contributed by atoms with Crippen molar-refractivity contribution in [2.24, 2.45) is 0 Å². The highest BCUT2D eigenvalue weighted by molar-refractivity contribution is 6.07. The van der Waals surface area contributed by atoms with Gasteiger partial charge in [-0.1, -0.05) is 12.8 Å². The molecule has 3 N–H and O–H groups in total. The van der Waals surface area contributed by atoms with Gasteiger partial charge in [-0.25, -0.2) is 0 Å². The number of carbonyl (C=O) groups is 1. The Balaban J connectivity index is 1.50. The molecule has 2 aromatic heterocycles. The molecule has 1 atom stereocenters. The second-order valence-corrected chi connectivity index (χ2v) is 9.74. The Labute approximate surface area is 198 Å². The number of carbonyl (C=O) groups excluding carboxylic acids is 1. The maximum absolute atomic E-state index is 13.3. The summed E-state index contributed by atoms with van der Waals surface area (Å²) >= 11 is 0. The summed E-state index contributed by atoms with van der Waals surface area (Å²) in [4.78, 5) is 31.2. The maximum Gasteiger partial charge on any atom is 0.259 e. The van der Waals surface area contributed by atoms with E-state index in [1.807, 2.05) is 30.7 Å². The lowest BCUT2D eigenvalue weighted by molar-refractivity contribution is 0.00684. The fraction of sp³-hybridized carbons (Fsp3) is 0.520. The molecule has 1 aromatic carbocycles. The van der Waals surface area contributed by atoms with Gasteiger partial charge >= 0.3 is 0 Å². The Kier molecular flexibility index (Phi) is 5.99. The van der Waals surface area contributed by atoms with Gasteiger partial charge in [0.1, 0.15) is 0 Å². The van der Waals surface area contributed by atoms with Crippen LogP contribution in [0.1, 0.15) is 54.6 Å². The number of nitrogens with zero attached hydrogens (tertiary/aromatic N) is 3. The van der Waals surface area contributed by atoms with Gasteiger partial charge < -0.3 is 20.4 Å². The van der Waals surface area contributed by atoms with Crippen LogP contribution in [0.3, 0.4) is 0 Å². The van der Waals surface area contributed by atoms with E-state index in [2.05, 4.69) is 20.3 Å². The second-order valence-electron chi connectivity index (χ2n) is 9.74. The third-order valence-electron chi connectivity index (χ3n) is 7.47. The number of ether oxygens (including phenoxy) is 1. The predicted molar refractivity (Wildman–Crippen MR) is 132 cm³/mol. The van der Waals surface area contributed by atoms with Crippen LogP contribution >= 0.6 is 0 Å². The SMILES string of the molecule is Cc1cc2[nH]c(=O)c3cnn(C4CCCC4)c3c2cc1C(=O)NCC(C)(C=N)N1CCOCC1. The number of H-pyrrole nitrogens is 1. The molecule has 5 rings (SSSR count). The van der Waals surface area contributed by atoms with Crippen molar-refractivity contribution in [3.8, 4) is 0 Å². The summed E-state index contributed by atoms with van der Waals surface area (Å²) in [7, 11) is 0. The molecular formula is C25H32N6O3. The van der Waals surface area contributed by atoms with Crippen LogP contribution in [0.4, 0.5) is 0 Å². The van der Waals surface area contributed by atoms with E-state index in [0.717, 1.165) is 55.2 Å². The van der Waals surface area contributed by atoms with Crippen LogP contribution in [0.2, 0.25) is 0 Å². The summed E-state index contributed by atoms with van der Waals surface area (Å²) in [6.07, 6.45) is 7.47. The number of aromatic amines is 1. The van der Waals surface area contributed by atoms with Crippen LogP contribution in [-0.4, -0.2) is 70.2 Å². The van der Waals surface area contributed by atoms with Gasteiger partial charge in [0.2, 0.25) is 0 Å². The molecule has 1 amide bonds. The molecule has 1 saturated carbocycles. The van der Waals surface area contributed by atoms with E-state index in [1.165, 1.54) is 6.21 Å². The van der Waals surface area contributed by atoms with Gasteiger partial charge in [-0.15, -0.1) is 0 Å². The van der Waals surface area contributed by atoms with Crippen molar-refractivity contribution in [3.05, 3.63) is 39.8 Å². The average molecular weight is 465 g/mol. The van der Waals surface area contributed by atoms with Crippen molar-refractivity contribution in [2.45, 2.75) is 51.1 Å². The summed E-state index contributed by atoms with van der Waals surface area (Å²) in [5.41, 5.74) is 2.13. The van der Waals surface area contributed by atoms with E-state index in [4.69, 9.17) is 10.1 Å². The Morgan fingerprint density at radius 2 is 2.03 bits per heavy atom. The standard InChI is InChI=1S/C25H32N6O3/c1-16-11-21-19(22-20(24(33)29-21)13-28-31(22)17-5-3-4-6-17)12-18(16)23(32)27-15-25(2,14-26)30-7-9-34-10-8-30/h11-14,17,26H,3-10,15H2,1-2H3,(H,27,32)(H,29,33). The topological polar surface area (TPSA) is 116 Å². The summed E-state index contributed by atoms with van der Waals surface area (Å²) in [5.74, 6) is -0.188. The number of nitrogens with one attached hydrogen (secondary N) is 3. The van der Waals surface area contributed by atoms with Gasteiger partial charge in [-0.05, 0) is 44.4 Å². The van der Waals surface area contributed by atoms with E-state index in [9.17, 15) is 9.59 Å². The van der Waals surface area contributed by atoms with Crippen LogP contribution in [0.5, 0.6) is 0 Å². The quantitative estimate of drug-likeness (QED) is 0.485. The van der Waals surface area contributed by atoms with E-state index >= 15 is 0 Å². The number of amides is 1. The summed E-state index contributed by atoms with van der Waals surface area (Å²) in [6, 6.07) is 4.03. The van der Waals surface area contributed by atoms with Crippen molar-refractivity contribution in [3.63, 3.8) is 0 Å². The first-order chi connectivity index (χ1) is 16.4. The monoisotopic (exact) mass is 464 g/mol. The molecule has 0 spiro atoms. The van der Waals surface area contributed by atoms with E-state index in [-0.39, 0.29) is 17.5 Å². The minimum atomic E-state index is -0.580. The van der Waals surface area contributed by atoms with Crippen molar-refractivity contribution in [1.29, 1.82) is 5.41 Å². The van der Waals surface area contributed by atoms with Gasteiger partial charge in [-0.2, -0.15) is 5.10 Å². The minimum Gasteiger partial charge on any atom is -0.379 e. The lowest BCUT2D eigenvalue weighted by Crippen LogP contribution is -2.58. The number of fused-ring (bicyclic) bond motifs is 3. The van der Waals surface area contributed by atoms with E-state index < -0.39 is 5.54 Å². The zero-order valence-electron chi connectivity index (χ0n) is 19.8. The molecule has 1 unspecified atom stereocenters. The van der Waals surface area contributed by atoms with Crippen molar-refractivity contribution in [1.82, 2.24) is 25.0 Å². The fourth-order valence-corrected chi connectivity index (χ4v) is 5.35. The van der Waals surface area contributed by atoms with Crippen molar-refractivity contribution in [2.75, 3.05) is 32.8 Å². The number of hydrogen-bond acceptors (Lipinski definition) is 6. The fourth-order valence-electron chi connectivity index (χ4n) is 5.35. The van der Waals surface area contributed by atoms with Gasteiger partial charge in [0, 0.05) is 36.8 Å². The van der Waals surface area contributed by atoms with Gasteiger partial charge in [0.25, 0.3) is 11.5 Å². The number of aryl methyl sites for hydroxylation is 1. The first-order valence-electron chi connectivity index (χ1n) is 12.1. The van der Waals surface area contributed by atoms with Crippen LogP contribution in [0.15, 0.2) is 23.1 Å². The van der Waals surface area contributed by atoms with Gasteiger partial charge in [0.05, 0.1) is 47.4 Å². The minimum absolute atomic E-state index is 0.157. The number of morpholine rings is 1. The Morgan fingerprint density at radius 3 is 2.74 bits per heavy atom. The molecule has 0 bridgehead atoms. The zero-order valence-corrected chi connectivity index (χ0v) is 19.8. The van der Waals surface area contributed by atoms with E-state index in [1.54, 1.807) is 6.20 Å². The predicted octanol–water partition coefficient (Wildman–Crippen LogP) is 2.77. The van der Waals surface area contributed by atoms with Gasteiger partial charge in [-0.3, -0.25) is 19.2 Å².